The fraction of sp³-hybridized carbons (Fsp3) is 0.717. The van der Waals surface area contributed by atoms with Crippen molar-refractivity contribution in [3.05, 3.63) is 68.8 Å². The third kappa shape index (κ3) is 21.8. The smallest absolute Gasteiger partial charge is 0.220 e. The minimum absolute atomic E-state index is 0.0289. The molecule has 68 heavy (non-hydrogen) atoms. The second kappa shape index (κ2) is 31.9. The van der Waals surface area contributed by atoms with Crippen molar-refractivity contribution in [2.45, 2.75) is 186 Å². The van der Waals surface area contributed by atoms with Gasteiger partial charge in [-0.3, -0.25) is 9.59 Å². The standard InChI is InChI=1S/C20H27NO.C11H21NO.C11H19N.C10H20O.C8H6IN/c1-14(2)18-9-4-15(3)12-19(18)20(22)13-17-7-5-16(6-8-17)10-11-21;1-7(2)9-5-4-8(3)6-10(9)11(12)13;1-8(2)11-5-4-9(3)6-10(11)7-12;1-7(2)9-5-4-8(3)6-10(9)11;9-8-3-1-7(2-4-8)5-6-10/h5-8,14-15,18-19H,4,9-10,12-13H2,1-3H3;7-10H,4-6H2,1-3H3,(H2,12,13);8-11H,4-6H2,1-3H3;7-11H,4-6H2,1-3H3;1-4H,5H2/t15-,18+,19+;8-,9+,10+;9-,10-,11+;8-,9+,10-;/m1111./s1. The average molecular weight is 1050 g/mol. The molecule has 4 aliphatic rings. The molecule has 8 heteroatoms. The first-order valence-corrected chi connectivity index (χ1v) is 27.7. The Morgan fingerprint density at radius 2 is 0.926 bits per heavy atom. The number of aliphatic hydroxyl groups is 1. The zero-order valence-electron chi connectivity index (χ0n) is 44.5. The van der Waals surface area contributed by atoms with Crippen LogP contribution in [0.1, 0.15) is 177 Å². The molecular formula is C60H93IN4O3. The Morgan fingerprint density at radius 3 is 1.34 bits per heavy atom. The monoisotopic (exact) mass is 1040 g/mol. The van der Waals surface area contributed by atoms with E-state index in [1.54, 1.807) is 0 Å². The maximum atomic E-state index is 12.8. The summed E-state index contributed by atoms with van der Waals surface area (Å²) in [7, 11) is 0. The van der Waals surface area contributed by atoms with Crippen molar-refractivity contribution < 1.29 is 14.7 Å². The molecule has 0 spiro atoms. The molecule has 0 saturated heterocycles. The van der Waals surface area contributed by atoms with E-state index in [0.29, 0.717) is 90.1 Å². The molecule has 4 saturated carbocycles. The largest absolute Gasteiger partial charge is 0.393 e. The second-order valence-corrected chi connectivity index (χ2v) is 24.2. The van der Waals surface area contributed by atoms with Crippen molar-refractivity contribution in [1.29, 1.82) is 15.8 Å². The predicted molar refractivity (Wildman–Crippen MR) is 290 cm³/mol. The van der Waals surface area contributed by atoms with Crippen LogP contribution in [0.5, 0.6) is 0 Å². The summed E-state index contributed by atoms with van der Waals surface area (Å²) in [4.78, 5) is 24.0. The van der Waals surface area contributed by atoms with E-state index < -0.39 is 0 Å². The van der Waals surface area contributed by atoms with E-state index in [-0.39, 0.29) is 23.8 Å². The van der Waals surface area contributed by atoms with Crippen LogP contribution in [-0.4, -0.2) is 22.9 Å². The van der Waals surface area contributed by atoms with Crippen molar-refractivity contribution in [1.82, 2.24) is 0 Å². The molecule has 378 valence electrons. The molecule has 12 atom stereocenters. The first-order chi connectivity index (χ1) is 32.1. The number of carbonyl (C=O) groups is 2. The van der Waals surface area contributed by atoms with E-state index in [1.165, 1.54) is 54.9 Å². The van der Waals surface area contributed by atoms with E-state index >= 15 is 0 Å². The number of aliphatic hydroxyl groups excluding tert-OH is 1. The lowest BCUT2D eigenvalue weighted by molar-refractivity contribution is -0.127. The van der Waals surface area contributed by atoms with E-state index in [4.69, 9.17) is 21.5 Å². The summed E-state index contributed by atoms with van der Waals surface area (Å²) in [5.41, 5.74) is 8.60. The van der Waals surface area contributed by atoms with Gasteiger partial charge in [-0.05, 0) is 174 Å². The lowest BCUT2D eigenvalue weighted by atomic mass is 9.68. The highest BCUT2D eigenvalue weighted by Gasteiger charge is 2.36. The molecule has 0 radical (unpaired) electrons. The van der Waals surface area contributed by atoms with Gasteiger partial charge in [-0.25, -0.2) is 0 Å². The van der Waals surface area contributed by atoms with Crippen molar-refractivity contribution in [3.8, 4) is 18.2 Å². The number of amides is 1. The molecule has 0 unspecified atom stereocenters. The fourth-order valence-electron chi connectivity index (χ4n) is 11.5. The maximum Gasteiger partial charge on any atom is 0.220 e. The van der Waals surface area contributed by atoms with Gasteiger partial charge < -0.3 is 10.8 Å². The number of hydrogen-bond donors (Lipinski definition) is 2. The van der Waals surface area contributed by atoms with Crippen molar-refractivity contribution in [2.24, 2.45) is 94.5 Å². The molecule has 4 aliphatic carbocycles. The van der Waals surface area contributed by atoms with Crippen LogP contribution in [0.25, 0.3) is 0 Å². The number of nitrogens with zero attached hydrogens (tertiary/aromatic N) is 3. The van der Waals surface area contributed by atoms with Crippen LogP contribution in [-0.2, 0) is 28.9 Å². The number of nitrogens with two attached hydrogens (primary N) is 1. The van der Waals surface area contributed by atoms with Crippen LogP contribution >= 0.6 is 22.6 Å². The minimum Gasteiger partial charge on any atom is -0.393 e. The van der Waals surface area contributed by atoms with Gasteiger partial charge in [0, 0.05) is 27.7 Å². The molecule has 1 amide bonds. The summed E-state index contributed by atoms with van der Waals surface area (Å²) in [5, 5.41) is 35.7. The Kier molecular flexibility index (Phi) is 28.5. The first-order valence-electron chi connectivity index (χ1n) is 26.6. The lowest BCUT2D eigenvalue weighted by Gasteiger charge is -2.36. The zero-order valence-corrected chi connectivity index (χ0v) is 46.7. The zero-order chi connectivity index (χ0) is 51.1. The number of rotatable bonds is 10. The number of ketones is 1. The molecule has 7 nitrogen and oxygen atoms in total. The van der Waals surface area contributed by atoms with Gasteiger partial charge in [0.25, 0.3) is 0 Å². The summed E-state index contributed by atoms with van der Waals surface area (Å²) in [6, 6.07) is 22.6. The van der Waals surface area contributed by atoms with Gasteiger partial charge in [0.05, 0.1) is 37.2 Å². The molecular weight excluding hydrogens is 952 g/mol. The van der Waals surface area contributed by atoms with E-state index in [2.05, 4.69) is 124 Å². The third-order valence-electron chi connectivity index (χ3n) is 15.9. The Balaban J connectivity index is 0.000000303. The van der Waals surface area contributed by atoms with E-state index in [0.717, 1.165) is 54.2 Å². The van der Waals surface area contributed by atoms with Gasteiger partial charge in [-0.15, -0.1) is 0 Å². The summed E-state index contributed by atoms with van der Waals surface area (Å²) in [6.07, 6.45) is 15.6. The Bertz CT molecular complexity index is 1870. The van der Waals surface area contributed by atoms with Gasteiger partial charge in [-0.1, -0.05) is 145 Å². The molecule has 0 heterocycles. The second-order valence-electron chi connectivity index (χ2n) is 23.0. The minimum atomic E-state index is -0.0924. The molecule has 2 aromatic carbocycles. The number of nitriles is 3. The number of Topliss-reactive ketones (excluding diaryl/α,β-unsaturated/α-hetero) is 1. The normalized spacial score (nSPS) is 28.9. The highest BCUT2D eigenvalue weighted by Crippen LogP contribution is 2.40. The summed E-state index contributed by atoms with van der Waals surface area (Å²) >= 11 is 2.24. The summed E-state index contributed by atoms with van der Waals surface area (Å²) in [5.74, 6) is 8.62. The Hall–Kier alpha value is -3.26. The van der Waals surface area contributed by atoms with Crippen LogP contribution in [0, 0.1) is 126 Å². The Labute approximate surface area is 429 Å². The maximum absolute atomic E-state index is 12.8. The van der Waals surface area contributed by atoms with Gasteiger partial charge in [-0.2, -0.15) is 15.8 Å². The molecule has 0 aromatic heterocycles. The molecule has 6 rings (SSSR count). The van der Waals surface area contributed by atoms with Crippen molar-refractivity contribution >= 4 is 34.3 Å². The fourth-order valence-corrected chi connectivity index (χ4v) is 11.9. The number of carbonyl (C=O) groups excluding carboxylic acids is 2. The molecule has 0 bridgehead atoms. The van der Waals surface area contributed by atoms with Crippen LogP contribution in [0.4, 0.5) is 0 Å². The molecule has 2 aromatic rings. The van der Waals surface area contributed by atoms with Gasteiger partial charge in [0.1, 0.15) is 5.78 Å². The topological polar surface area (TPSA) is 152 Å². The Morgan fingerprint density at radius 1 is 0.559 bits per heavy atom. The first kappa shape index (κ1) is 60.9. The van der Waals surface area contributed by atoms with Crippen LogP contribution in [0.2, 0.25) is 0 Å². The number of hydrogen-bond acceptors (Lipinski definition) is 6. The van der Waals surface area contributed by atoms with Crippen molar-refractivity contribution in [2.75, 3.05) is 0 Å². The molecule has 0 aliphatic heterocycles. The number of halogens is 1. The average Bonchev–Trinajstić information content (AvgIpc) is 3.28. The number of benzene rings is 2. The van der Waals surface area contributed by atoms with Gasteiger partial charge in [0.15, 0.2) is 0 Å². The van der Waals surface area contributed by atoms with Crippen LogP contribution < -0.4 is 5.73 Å². The van der Waals surface area contributed by atoms with Gasteiger partial charge >= 0.3 is 0 Å². The van der Waals surface area contributed by atoms with Crippen molar-refractivity contribution in [3.63, 3.8) is 0 Å². The van der Waals surface area contributed by atoms with E-state index in [1.807, 2.05) is 48.5 Å². The van der Waals surface area contributed by atoms with E-state index in [9.17, 15) is 14.7 Å². The molecule has 3 N–H and O–H groups in total. The molecule has 4 fully saturated rings. The van der Waals surface area contributed by atoms with Gasteiger partial charge in [0.2, 0.25) is 5.91 Å². The number of primary amides is 1. The predicted octanol–water partition coefficient (Wildman–Crippen LogP) is 14.8. The SMILES string of the molecule is CC(C)[C@@H]1CC[C@@H](C)C[C@@H]1C#N.CC(C)[C@@H]1CC[C@@H](C)C[C@@H]1C(=O)Cc1ccc(CC#N)cc1.CC(C)[C@@H]1CC[C@@H](C)C[C@@H]1C(N)=O.CC(C)[C@@H]1CC[C@@H](C)C[C@H]1O.N#CCc1ccc(I)cc1. The lowest BCUT2D eigenvalue weighted by Crippen LogP contribution is -2.37. The third-order valence-corrected chi connectivity index (χ3v) is 16.6. The van der Waals surface area contributed by atoms with Crippen LogP contribution in [0.3, 0.4) is 0 Å². The quantitative estimate of drug-likeness (QED) is 0.226. The summed E-state index contributed by atoms with van der Waals surface area (Å²) in [6.45, 7) is 26.8. The highest BCUT2D eigenvalue weighted by molar-refractivity contribution is 14.1. The van der Waals surface area contributed by atoms with Crippen LogP contribution in [0.15, 0.2) is 48.5 Å². The highest BCUT2D eigenvalue weighted by atomic mass is 127. The summed E-state index contributed by atoms with van der Waals surface area (Å²) < 4.78 is 1.21.